The van der Waals surface area contributed by atoms with Crippen LogP contribution in [-0.2, 0) is 13.0 Å². The summed E-state index contributed by atoms with van der Waals surface area (Å²) in [5.74, 6) is 4.68. The van der Waals surface area contributed by atoms with E-state index >= 15 is 0 Å². The second kappa shape index (κ2) is 6.91. The normalized spacial score (nSPS) is 29.3. The van der Waals surface area contributed by atoms with E-state index in [1.54, 1.807) is 0 Å². The highest BCUT2D eigenvalue weighted by Gasteiger charge is 2.29. The van der Waals surface area contributed by atoms with Gasteiger partial charge < -0.3 is 10.3 Å². The Morgan fingerprint density at radius 1 is 1.10 bits per heavy atom. The van der Waals surface area contributed by atoms with Gasteiger partial charge in [0.25, 0.3) is 0 Å². The molecule has 0 radical (unpaired) electrons. The minimum Gasteiger partial charge on any atom is -0.330 e. The second-order valence-electron chi connectivity index (χ2n) is 7.09. The van der Waals surface area contributed by atoms with E-state index in [9.17, 15) is 0 Å². The highest BCUT2D eigenvalue weighted by atomic mass is 15.3. The number of hydrogen-bond acceptors (Lipinski definition) is 3. The Balaban J connectivity index is 1.62. The molecule has 1 unspecified atom stereocenters. The molecule has 1 atom stereocenters. The van der Waals surface area contributed by atoms with Gasteiger partial charge in [-0.1, -0.05) is 26.2 Å². The Hall–Kier alpha value is -0.900. The van der Waals surface area contributed by atoms with E-state index in [1.165, 1.54) is 63.0 Å². The van der Waals surface area contributed by atoms with Crippen molar-refractivity contribution < 1.29 is 0 Å². The lowest BCUT2D eigenvalue weighted by atomic mass is 9.79. The van der Waals surface area contributed by atoms with Crippen LogP contribution in [0.5, 0.6) is 0 Å². The van der Waals surface area contributed by atoms with E-state index in [2.05, 4.69) is 21.7 Å². The smallest absolute Gasteiger partial charge is 0.136 e. The molecule has 1 aromatic rings. The van der Waals surface area contributed by atoms with Gasteiger partial charge in [-0.2, -0.15) is 0 Å². The van der Waals surface area contributed by atoms with Crippen LogP contribution in [0, 0.1) is 11.8 Å². The molecule has 1 fully saturated rings. The molecular weight excluding hydrogens is 260 g/mol. The first-order valence-corrected chi connectivity index (χ1v) is 8.93. The maximum absolute atomic E-state index is 5.87. The third-order valence-corrected chi connectivity index (χ3v) is 5.58. The first-order chi connectivity index (χ1) is 10.3. The SMILES string of the molecule is CCCCC1CCC(c2nnc3n2CC(CN)CC3)CC1. The summed E-state index contributed by atoms with van der Waals surface area (Å²) >= 11 is 0. The highest BCUT2D eigenvalue weighted by molar-refractivity contribution is 5.06. The maximum Gasteiger partial charge on any atom is 0.136 e. The fourth-order valence-electron chi connectivity index (χ4n) is 4.11. The number of aromatic nitrogens is 3. The van der Waals surface area contributed by atoms with Crippen molar-refractivity contribution in [1.29, 1.82) is 0 Å². The van der Waals surface area contributed by atoms with Crippen molar-refractivity contribution >= 4 is 0 Å². The monoisotopic (exact) mass is 290 g/mol. The summed E-state index contributed by atoms with van der Waals surface area (Å²) in [6.07, 6.45) is 11.8. The lowest BCUT2D eigenvalue weighted by Gasteiger charge is -2.30. The Bertz CT molecular complexity index is 446. The quantitative estimate of drug-likeness (QED) is 0.905. The molecule has 1 aliphatic heterocycles. The van der Waals surface area contributed by atoms with Gasteiger partial charge in [-0.15, -0.1) is 10.2 Å². The first kappa shape index (κ1) is 15.0. The Labute approximate surface area is 128 Å². The molecule has 0 amide bonds. The van der Waals surface area contributed by atoms with Crippen molar-refractivity contribution in [2.45, 2.75) is 77.2 Å². The molecule has 1 aromatic heterocycles. The molecule has 3 rings (SSSR count). The van der Waals surface area contributed by atoms with Gasteiger partial charge in [0, 0.05) is 18.9 Å². The Kier molecular flexibility index (Phi) is 4.94. The summed E-state index contributed by atoms with van der Waals surface area (Å²) in [5.41, 5.74) is 5.87. The van der Waals surface area contributed by atoms with Gasteiger partial charge in [-0.3, -0.25) is 0 Å². The van der Waals surface area contributed by atoms with E-state index in [4.69, 9.17) is 5.73 Å². The highest BCUT2D eigenvalue weighted by Crippen LogP contribution is 2.38. The van der Waals surface area contributed by atoms with Gasteiger partial charge in [0.1, 0.15) is 11.6 Å². The van der Waals surface area contributed by atoms with Crippen LogP contribution in [0.4, 0.5) is 0 Å². The number of nitrogens with zero attached hydrogens (tertiary/aromatic N) is 3. The lowest BCUT2D eigenvalue weighted by Crippen LogP contribution is -2.28. The van der Waals surface area contributed by atoms with Crippen LogP contribution in [0.1, 0.15) is 75.9 Å². The van der Waals surface area contributed by atoms with Crippen LogP contribution in [-0.4, -0.2) is 21.3 Å². The Morgan fingerprint density at radius 2 is 1.90 bits per heavy atom. The molecule has 1 saturated carbocycles. The standard InChI is InChI=1S/C17H30N4/c1-2-3-4-13-5-8-15(9-6-13)17-20-19-16-10-7-14(11-18)12-21(16)17/h13-15H,2-12,18H2,1H3. The van der Waals surface area contributed by atoms with Gasteiger partial charge in [-0.25, -0.2) is 0 Å². The van der Waals surface area contributed by atoms with Gasteiger partial charge in [0.2, 0.25) is 0 Å². The fraction of sp³-hybridized carbons (Fsp3) is 0.882. The van der Waals surface area contributed by atoms with E-state index < -0.39 is 0 Å². The third-order valence-electron chi connectivity index (χ3n) is 5.58. The predicted molar refractivity (Wildman–Crippen MR) is 85.1 cm³/mol. The van der Waals surface area contributed by atoms with Crippen LogP contribution >= 0.6 is 0 Å². The molecule has 4 heteroatoms. The topological polar surface area (TPSA) is 56.7 Å². The van der Waals surface area contributed by atoms with E-state index in [-0.39, 0.29) is 0 Å². The minimum atomic E-state index is 0.619. The maximum atomic E-state index is 5.87. The summed E-state index contributed by atoms with van der Waals surface area (Å²) in [6.45, 7) is 4.13. The number of aryl methyl sites for hydroxylation is 1. The van der Waals surface area contributed by atoms with Gasteiger partial charge >= 0.3 is 0 Å². The van der Waals surface area contributed by atoms with Crippen LogP contribution < -0.4 is 5.73 Å². The van der Waals surface area contributed by atoms with Crippen molar-refractivity contribution in [2.75, 3.05) is 6.54 Å². The molecule has 118 valence electrons. The summed E-state index contributed by atoms with van der Waals surface area (Å²) in [5, 5.41) is 8.99. The minimum absolute atomic E-state index is 0.619. The first-order valence-electron chi connectivity index (χ1n) is 8.93. The van der Waals surface area contributed by atoms with Crippen molar-refractivity contribution in [3.05, 3.63) is 11.6 Å². The molecule has 0 aromatic carbocycles. The van der Waals surface area contributed by atoms with Crippen LogP contribution in [0.3, 0.4) is 0 Å². The number of unbranched alkanes of at least 4 members (excludes halogenated alkanes) is 1. The molecule has 21 heavy (non-hydrogen) atoms. The van der Waals surface area contributed by atoms with Crippen molar-refractivity contribution in [2.24, 2.45) is 17.6 Å². The summed E-state index contributed by atoms with van der Waals surface area (Å²) < 4.78 is 2.40. The molecule has 2 N–H and O–H groups in total. The van der Waals surface area contributed by atoms with E-state index in [0.29, 0.717) is 11.8 Å². The second-order valence-corrected chi connectivity index (χ2v) is 7.09. The zero-order valence-corrected chi connectivity index (χ0v) is 13.4. The molecule has 4 nitrogen and oxygen atoms in total. The molecule has 2 heterocycles. The number of nitrogens with two attached hydrogens (primary N) is 1. The van der Waals surface area contributed by atoms with Gasteiger partial charge in [0.15, 0.2) is 0 Å². The van der Waals surface area contributed by atoms with Crippen LogP contribution in [0.25, 0.3) is 0 Å². The Morgan fingerprint density at radius 3 is 2.62 bits per heavy atom. The molecule has 0 spiro atoms. The molecule has 0 bridgehead atoms. The summed E-state index contributed by atoms with van der Waals surface area (Å²) in [7, 11) is 0. The van der Waals surface area contributed by atoms with Crippen LogP contribution in [0.2, 0.25) is 0 Å². The molecule has 1 aliphatic carbocycles. The van der Waals surface area contributed by atoms with Crippen molar-refractivity contribution in [3.8, 4) is 0 Å². The molecular formula is C17H30N4. The van der Waals surface area contributed by atoms with Crippen LogP contribution in [0.15, 0.2) is 0 Å². The van der Waals surface area contributed by atoms with Gasteiger partial charge in [-0.05, 0) is 50.5 Å². The summed E-state index contributed by atoms with van der Waals surface area (Å²) in [4.78, 5) is 0. The summed E-state index contributed by atoms with van der Waals surface area (Å²) in [6, 6.07) is 0. The van der Waals surface area contributed by atoms with E-state index in [0.717, 1.165) is 25.4 Å². The number of fused-ring (bicyclic) bond motifs is 1. The van der Waals surface area contributed by atoms with Gasteiger partial charge in [0.05, 0.1) is 0 Å². The average Bonchev–Trinajstić information content (AvgIpc) is 2.96. The number of rotatable bonds is 5. The largest absolute Gasteiger partial charge is 0.330 e. The molecule has 0 saturated heterocycles. The lowest BCUT2D eigenvalue weighted by molar-refractivity contribution is 0.286. The zero-order valence-electron chi connectivity index (χ0n) is 13.4. The van der Waals surface area contributed by atoms with E-state index in [1.807, 2.05) is 0 Å². The average molecular weight is 290 g/mol. The number of hydrogen-bond donors (Lipinski definition) is 1. The zero-order chi connectivity index (χ0) is 14.7. The predicted octanol–water partition coefficient (Wildman–Crippen LogP) is 3.26. The fourth-order valence-corrected chi connectivity index (χ4v) is 4.11. The van der Waals surface area contributed by atoms with Crippen molar-refractivity contribution in [3.63, 3.8) is 0 Å². The third kappa shape index (κ3) is 3.31. The molecule has 2 aliphatic rings. The van der Waals surface area contributed by atoms with Crippen molar-refractivity contribution in [1.82, 2.24) is 14.8 Å².